The molecule has 0 aromatic heterocycles. The standard InChI is InChI=1S/C13H15BrINS/c14-11-2-1-10(12(15)7-11)8-13(9-16)3-5-17-6-4-13/h1-2,11H,3-8H2. The summed E-state index contributed by atoms with van der Waals surface area (Å²) in [6, 6.07) is 2.60. The largest absolute Gasteiger partial charge is 0.198 e. The van der Waals surface area contributed by atoms with Crippen molar-refractivity contribution in [1.82, 2.24) is 0 Å². The Labute approximate surface area is 129 Å². The van der Waals surface area contributed by atoms with Crippen LogP contribution in [0.3, 0.4) is 0 Å². The van der Waals surface area contributed by atoms with Crippen LogP contribution < -0.4 is 0 Å². The highest BCUT2D eigenvalue weighted by Gasteiger charge is 2.33. The first kappa shape index (κ1) is 14.0. The van der Waals surface area contributed by atoms with E-state index in [0.29, 0.717) is 4.83 Å². The molecule has 1 nitrogen and oxygen atoms in total. The average molecular weight is 424 g/mol. The number of nitriles is 1. The Morgan fingerprint density at radius 1 is 1.53 bits per heavy atom. The van der Waals surface area contributed by atoms with Crippen molar-refractivity contribution in [2.45, 2.75) is 30.5 Å². The highest BCUT2D eigenvalue weighted by molar-refractivity contribution is 14.1. The maximum atomic E-state index is 9.49. The van der Waals surface area contributed by atoms with Crippen molar-refractivity contribution in [3.05, 3.63) is 21.3 Å². The third-order valence-electron chi connectivity index (χ3n) is 3.44. The predicted molar refractivity (Wildman–Crippen MR) is 86.7 cm³/mol. The van der Waals surface area contributed by atoms with Gasteiger partial charge in [0.15, 0.2) is 0 Å². The lowest BCUT2D eigenvalue weighted by molar-refractivity contribution is 0.362. The Hall–Kier alpha value is 0.530. The molecule has 92 valence electrons. The van der Waals surface area contributed by atoms with E-state index in [1.165, 1.54) is 9.15 Å². The summed E-state index contributed by atoms with van der Waals surface area (Å²) in [5.41, 5.74) is 1.29. The second kappa shape index (κ2) is 6.12. The van der Waals surface area contributed by atoms with Crippen molar-refractivity contribution in [2.75, 3.05) is 11.5 Å². The number of nitrogens with zero attached hydrogens (tertiary/aromatic N) is 1. The Morgan fingerprint density at radius 3 is 2.82 bits per heavy atom. The molecular weight excluding hydrogens is 409 g/mol. The zero-order valence-electron chi connectivity index (χ0n) is 9.59. The topological polar surface area (TPSA) is 23.8 Å². The van der Waals surface area contributed by atoms with Gasteiger partial charge in [0, 0.05) is 4.83 Å². The first-order valence-electron chi connectivity index (χ1n) is 5.84. The fourth-order valence-electron chi connectivity index (χ4n) is 2.29. The zero-order chi connectivity index (χ0) is 12.3. The summed E-state index contributed by atoms with van der Waals surface area (Å²) in [4.78, 5) is 0.470. The van der Waals surface area contributed by atoms with Crippen molar-refractivity contribution in [1.29, 1.82) is 5.26 Å². The molecule has 0 radical (unpaired) electrons. The van der Waals surface area contributed by atoms with Crippen LogP contribution in [0.15, 0.2) is 21.3 Å². The van der Waals surface area contributed by atoms with Gasteiger partial charge in [0.05, 0.1) is 11.5 Å². The van der Waals surface area contributed by atoms with Gasteiger partial charge in [-0.2, -0.15) is 17.0 Å². The van der Waals surface area contributed by atoms with E-state index in [9.17, 15) is 5.26 Å². The van der Waals surface area contributed by atoms with Crippen LogP contribution in [0, 0.1) is 16.7 Å². The lowest BCUT2D eigenvalue weighted by Gasteiger charge is -2.31. The normalized spacial score (nSPS) is 27.9. The lowest BCUT2D eigenvalue weighted by atomic mass is 9.77. The summed E-state index contributed by atoms with van der Waals surface area (Å²) in [6.07, 6.45) is 8.53. The fraction of sp³-hybridized carbons (Fsp3) is 0.615. The molecule has 1 aliphatic carbocycles. The van der Waals surface area contributed by atoms with Crippen LogP contribution >= 0.6 is 50.3 Å². The van der Waals surface area contributed by atoms with E-state index in [4.69, 9.17) is 0 Å². The SMILES string of the molecule is N#CC1(CC2=C(I)CC(Br)C=C2)CCSCC1. The highest BCUT2D eigenvalue weighted by atomic mass is 127. The van der Waals surface area contributed by atoms with Crippen molar-refractivity contribution in [3.8, 4) is 6.07 Å². The van der Waals surface area contributed by atoms with Crippen LogP contribution in [-0.2, 0) is 0 Å². The molecule has 1 fully saturated rings. The molecule has 1 aliphatic heterocycles. The summed E-state index contributed by atoms with van der Waals surface area (Å²) < 4.78 is 1.42. The second-order valence-corrected chi connectivity index (χ2v) is 8.39. The Balaban J connectivity index is 2.12. The Kier molecular flexibility index (Phi) is 5.02. The van der Waals surface area contributed by atoms with Gasteiger partial charge >= 0.3 is 0 Å². The molecule has 0 amide bonds. The Morgan fingerprint density at radius 2 is 2.24 bits per heavy atom. The molecule has 0 N–H and O–H groups in total. The minimum atomic E-state index is -0.0967. The van der Waals surface area contributed by atoms with E-state index in [1.807, 2.05) is 11.8 Å². The molecule has 4 heteroatoms. The van der Waals surface area contributed by atoms with Crippen LogP contribution in [0.5, 0.6) is 0 Å². The van der Waals surface area contributed by atoms with Gasteiger partial charge in [-0.05, 0) is 68.9 Å². The van der Waals surface area contributed by atoms with Crippen LogP contribution in [0.25, 0.3) is 0 Å². The minimum absolute atomic E-state index is 0.0967. The van der Waals surface area contributed by atoms with Gasteiger partial charge < -0.3 is 0 Å². The van der Waals surface area contributed by atoms with Crippen molar-refractivity contribution < 1.29 is 0 Å². The van der Waals surface area contributed by atoms with E-state index >= 15 is 0 Å². The van der Waals surface area contributed by atoms with Crippen LogP contribution in [0.1, 0.15) is 25.7 Å². The molecule has 0 bridgehead atoms. The van der Waals surface area contributed by atoms with Gasteiger partial charge in [0.2, 0.25) is 0 Å². The van der Waals surface area contributed by atoms with Gasteiger partial charge in [0.1, 0.15) is 0 Å². The number of hydrogen-bond acceptors (Lipinski definition) is 2. The number of allylic oxidation sites excluding steroid dienone is 4. The molecule has 0 aromatic carbocycles. The van der Waals surface area contributed by atoms with Gasteiger partial charge in [-0.3, -0.25) is 0 Å². The summed E-state index contributed by atoms with van der Waals surface area (Å²) in [5.74, 6) is 2.28. The van der Waals surface area contributed by atoms with Crippen molar-refractivity contribution >= 4 is 50.3 Å². The van der Waals surface area contributed by atoms with Crippen LogP contribution in [0.2, 0.25) is 0 Å². The van der Waals surface area contributed by atoms with Gasteiger partial charge in [-0.15, -0.1) is 0 Å². The quantitative estimate of drug-likeness (QED) is 0.469. The number of halogens is 2. The number of hydrogen-bond donors (Lipinski definition) is 0. The van der Waals surface area contributed by atoms with Gasteiger partial charge in [0.25, 0.3) is 0 Å². The maximum absolute atomic E-state index is 9.49. The third-order valence-corrected chi connectivity index (χ3v) is 6.19. The summed E-state index contributed by atoms with van der Waals surface area (Å²) in [5, 5.41) is 9.49. The van der Waals surface area contributed by atoms with E-state index in [-0.39, 0.29) is 5.41 Å². The summed E-state index contributed by atoms with van der Waals surface area (Å²) in [6.45, 7) is 0. The number of rotatable bonds is 2. The maximum Gasteiger partial charge on any atom is 0.0693 e. The van der Waals surface area contributed by atoms with Crippen molar-refractivity contribution in [3.63, 3.8) is 0 Å². The zero-order valence-corrected chi connectivity index (χ0v) is 14.1. The number of thioether (sulfide) groups is 1. The molecule has 1 saturated heterocycles. The minimum Gasteiger partial charge on any atom is -0.198 e. The molecular formula is C13H15BrINS. The van der Waals surface area contributed by atoms with E-state index in [2.05, 4.69) is 56.7 Å². The molecule has 1 unspecified atom stereocenters. The Bertz CT molecular complexity index is 391. The molecule has 17 heavy (non-hydrogen) atoms. The fourth-order valence-corrected chi connectivity index (χ4v) is 5.49. The van der Waals surface area contributed by atoms with E-state index in [0.717, 1.165) is 37.2 Å². The van der Waals surface area contributed by atoms with Crippen LogP contribution in [-0.4, -0.2) is 16.3 Å². The molecule has 0 saturated carbocycles. The first-order valence-corrected chi connectivity index (χ1v) is 8.99. The summed E-state index contributed by atoms with van der Waals surface area (Å²) >= 11 is 8.04. The molecule has 1 atom stereocenters. The molecule has 0 spiro atoms. The average Bonchev–Trinajstić information content (AvgIpc) is 2.34. The smallest absolute Gasteiger partial charge is 0.0693 e. The molecule has 0 aromatic rings. The van der Waals surface area contributed by atoms with Crippen LogP contribution in [0.4, 0.5) is 0 Å². The molecule has 2 rings (SSSR count). The molecule has 2 aliphatic rings. The predicted octanol–water partition coefficient (Wildman–Crippen LogP) is 4.83. The first-order chi connectivity index (χ1) is 8.15. The van der Waals surface area contributed by atoms with Crippen molar-refractivity contribution in [2.24, 2.45) is 5.41 Å². The third kappa shape index (κ3) is 3.51. The van der Waals surface area contributed by atoms with E-state index < -0.39 is 0 Å². The number of alkyl halides is 1. The second-order valence-electron chi connectivity index (χ2n) is 4.69. The summed E-state index contributed by atoms with van der Waals surface area (Å²) in [7, 11) is 0. The van der Waals surface area contributed by atoms with E-state index in [1.54, 1.807) is 0 Å². The lowest BCUT2D eigenvalue weighted by Crippen LogP contribution is -2.25. The molecule has 1 heterocycles. The van der Waals surface area contributed by atoms with Gasteiger partial charge in [-0.25, -0.2) is 0 Å². The highest BCUT2D eigenvalue weighted by Crippen LogP contribution is 2.42. The monoisotopic (exact) mass is 423 g/mol. The van der Waals surface area contributed by atoms with Gasteiger partial charge in [-0.1, -0.05) is 28.1 Å².